The predicted octanol–water partition coefficient (Wildman–Crippen LogP) is 0.699. The fraction of sp³-hybridized carbons (Fsp3) is 0.364. The van der Waals surface area contributed by atoms with Gasteiger partial charge in [0.15, 0.2) is 0 Å². The number of sulfonamides is 1. The highest BCUT2D eigenvalue weighted by molar-refractivity contribution is 7.89. The first-order valence-corrected chi connectivity index (χ1v) is 6.57. The van der Waals surface area contributed by atoms with Crippen LogP contribution in [0.5, 0.6) is 0 Å². The lowest BCUT2D eigenvalue weighted by molar-refractivity contribution is 0.171. The molecule has 1 aromatic carbocycles. The van der Waals surface area contributed by atoms with Crippen LogP contribution in [-0.4, -0.2) is 37.5 Å². The van der Waals surface area contributed by atoms with E-state index in [-0.39, 0.29) is 17.0 Å². The van der Waals surface area contributed by atoms with Crippen LogP contribution in [0.4, 0.5) is 4.39 Å². The fourth-order valence-electron chi connectivity index (χ4n) is 1.40. The second-order valence-electron chi connectivity index (χ2n) is 3.89. The van der Waals surface area contributed by atoms with Gasteiger partial charge in [-0.05, 0) is 25.1 Å². The molecule has 0 aliphatic rings. The Bertz CT molecular complexity index is 578. The lowest BCUT2D eigenvalue weighted by Crippen LogP contribution is -2.33. The molecule has 5 nitrogen and oxygen atoms in total. The first kappa shape index (κ1) is 14.6. The van der Waals surface area contributed by atoms with Crippen molar-refractivity contribution in [3.8, 4) is 6.07 Å². The summed E-state index contributed by atoms with van der Waals surface area (Å²) in [6.07, 6.45) is -0.819. The zero-order valence-corrected chi connectivity index (χ0v) is 10.8. The number of rotatable bonds is 4. The number of halogens is 1. The summed E-state index contributed by atoms with van der Waals surface area (Å²) >= 11 is 0. The highest BCUT2D eigenvalue weighted by atomic mass is 32.2. The Morgan fingerprint density at radius 1 is 1.56 bits per heavy atom. The number of aliphatic hydroxyl groups excluding tert-OH is 1. The normalized spacial score (nSPS) is 13.3. The molecule has 1 rings (SSSR count). The molecule has 0 aliphatic carbocycles. The second-order valence-corrected chi connectivity index (χ2v) is 5.93. The van der Waals surface area contributed by atoms with E-state index in [1.165, 1.54) is 14.0 Å². The first-order valence-electron chi connectivity index (χ1n) is 5.13. The van der Waals surface area contributed by atoms with Gasteiger partial charge < -0.3 is 5.11 Å². The van der Waals surface area contributed by atoms with E-state index in [1.807, 2.05) is 0 Å². The van der Waals surface area contributed by atoms with Crippen LogP contribution < -0.4 is 0 Å². The Morgan fingerprint density at radius 3 is 2.67 bits per heavy atom. The van der Waals surface area contributed by atoms with Crippen molar-refractivity contribution < 1.29 is 17.9 Å². The summed E-state index contributed by atoms with van der Waals surface area (Å²) in [6, 6.07) is 4.58. The molecule has 7 heteroatoms. The molecular formula is C11H13FN2O3S. The molecule has 0 saturated carbocycles. The van der Waals surface area contributed by atoms with E-state index < -0.39 is 21.9 Å². The van der Waals surface area contributed by atoms with Crippen LogP contribution >= 0.6 is 0 Å². The molecule has 1 aromatic rings. The monoisotopic (exact) mass is 272 g/mol. The van der Waals surface area contributed by atoms with Crippen LogP contribution in [0.2, 0.25) is 0 Å². The molecule has 0 spiro atoms. The topological polar surface area (TPSA) is 81.4 Å². The van der Waals surface area contributed by atoms with Crippen LogP contribution in [0.25, 0.3) is 0 Å². The third-order valence-electron chi connectivity index (χ3n) is 2.29. The average Bonchev–Trinajstić information content (AvgIpc) is 2.28. The SMILES string of the molecule is CC(O)CN(C)S(=O)(=O)c1ccc(F)c(C#N)c1. The summed E-state index contributed by atoms with van der Waals surface area (Å²) in [7, 11) is -2.52. The molecule has 98 valence electrons. The van der Waals surface area contributed by atoms with Gasteiger partial charge in [0.1, 0.15) is 11.9 Å². The van der Waals surface area contributed by atoms with Crippen molar-refractivity contribution in [2.75, 3.05) is 13.6 Å². The van der Waals surface area contributed by atoms with Gasteiger partial charge in [0, 0.05) is 13.6 Å². The zero-order valence-electron chi connectivity index (χ0n) is 9.96. The number of aliphatic hydroxyl groups is 1. The summed E-state index contributed by atoms with van der Waals surface area (Å²) in [5.74, 6) is -0.769. The van der Waals surface area contributed by atoms with Crippen molar-refractivity contribution in [2.45, 2.75) is 17.9 Å². The minimum atomic E-state index is -3.83. The molecule has 1 atom stereocenters. The van der Waals surface area contributed by atoms with Crippen LogP contribution in [0.15, 0.2) is 23.1 Å². The van der Waals surface area contributed by atoms with Crippen molar-refractivity contribution in [3.05, 3.63) is 29.6 Å². The maximum atomic E-state index is 13.1. The first-order chi connectivity index (χ1) is 8.28. The molecule has 1 unspecified atom stereocenters. The summed E-state index contributed by atoms with van der Waals surface area (Å²) < 4.78 is 38.1. The molecule has 0 radical (unpaired) electrons. The molecule has 0 saturated heterocycles. The third-order valence-corrected chi connectivity index (χ3v) is 4.11. The number of nitriles is 1. The maximum absolute atomic E-state index is 13.1. The molecule has 1 N–H and O–H groups in total. The second kappa shape index (κ2) is 5.44. The summed E-state index contributed by atoms with van der Waals surface area (Å²) in [5.41, 5.74) is -0.332. The van der Waals surface area contributed by atoms with E-state index >= 15 is 0 Å². The Balaban J connectivity index is 3.18. The lowest BCUT2D eigenvalue weighted by Gasteiger charge is -2.18. The molecule has 0 bridgehead atoms. The van der Waals surface area contributed by atoms with Gasteiger partial charge in [0.05, 0.1) is 16.6 Å². The van der Waals surface area contributed by atoms with Crippen molar-refractivity contribution in [1.29, 1.82) is 5.26 Å². The van der Waals surface area contributed by atoms with Crippen LogP contribution in [0, 0.1) is 17.1 Å². The summed E-state index contributed by atoms with van der Waals surface area (Å²) in [6.45, 7) is 1.37. The van der Waals surface area contributed by atoms with Gasteiger partial charge in [-0.1, -0.05) is 0 Å². The van der Waals surface area contributed by atoms with E-state index in [9.17, 15) is 12.8 Å². The summed E-state index contributed by atoms with van der Waals surface area (Å²) in [5, 5.41) is 17.8. The Hall–Kier alpha value is -1.49. The number of nitrogens with zero attached hydrogens (tertiary/aromatic N) is 2. The zero-order chi connectivity index (χ0) is 13.9. The maximum Gasteiger partial charge on any atom is 0.242 e. The van der Waals surface area contributed by atoms with Crippen molar-refractivity contribution in [2.24, 2.45) is 0 Å². The van der Waals surface area contributed by atoms with Crippen molar-refractivity contribution in [3.63, 3.8) is 0 Å². The minimum Gasteiger partial charge on any atom is -0.392 e. The van der Waals surface area contributed by atoms with Gasteiger partial charge in [-0.2, -0.15) is 9.57 Å². The van der Waals surface area contributed by atoms with Crippen LogP contribution in [0.3, 0.4) is 0 Å². The summed E-state index contributed by atoms with van der Waals surface area (Å²) in [4.78, 5) is -0.177. The van der Waals surface area contributed by atoms with Gasteiger partial charge in [0.2, 0.25) is 10.0 Å². The van der Waals surface area contributed by atoms with E-state index in [0.717, 1.165) is 22.5 Å². The predicted molar refractivity (Wildman–Crippen MR) is 62.6 cm³/mol. The third kappa shape index (κ3) is 3.04. The number of benzene rings is 1. The van der Waals surface area contributed by atoms with Gasteiger partial charge in [-0.15, -0.1) is 0 Å². The number of likely N-dealkylation sites (N-methyl/N-ethyl adjacent to an activating group) is 1. The molecule has 0 fully saturated rings. The lowest BCUT2D eigenvalue weighted by atomic mass is 10.2. The van der Waals surface area contributed by atoms with E-state index in [1.54, 1.807) is 6.07 Å². The van der Waals surface area contributed by atoms with Gasteiger partial charge in [0.25, 0.3) is 0 Å². The molecule has 0 aliphatic heterocycles. The average molecular weight is 272 g/mol. The van der Waals surface area contributed by atoms with Gasteiger partial charge in [-0.3, -0.25) is 0 Å². The van der Waals surface area contributed by atoms with Crippen LogP contribution in [-0.2, 0) is 10.0 Å². The fourth-order valence-corrected chi connectivity index (χ4v) is 2.68. The van der Waals surface area contributed by atoms with E-state index in [2.05, 4.69) is 0 Å². The van der Waals surface area contributed by atoms with Crippen molar-refractivity contribution in [1.82, 2.24) is 4.31 Å². The molecule has 0 heterocycles. The Kier molecular flexibility index (Phi) is 4.40. The van der Waals surface area contributed by atoms with E-state index in [4.69, 9.17) is 10.4 Å². The van der Waals surface area contributed by atoms with Crippen molar-refractivity contribution >= 4 is 10.0 Å². The standard InChI is InChI=1S/C11H13FN2O3S/c1-8(15)7-14(2)18(16,17)10-3-4-11(12)9(5-10)6-13/h3-5,8,15H,7H2,1-2H3. The highest BCUT2D eigenvalue weighted by Crippen LogP contribution is 2.18. The van der Waals surface area contributed by atoms with E-state index in [0.29, 0.717) is 0 Å². The molecular weight excluding hydrogens is 259 g/mol. The number of hydrogen-bond donors (Lipinski definition) is 1. The molecule has 0 aromatic heterocycles. The van der Waals surface area contributed by atoms with Gasteiger partial charge >= 0.3 is 0 Å². The molecule has 18 heavy (non-hydrogen) atoms. The quantitative estimate of drug-likeness (QED) is 0.874. The van der Waals surface area contributed by atoms with Gasteiger partial charge in [-0.25, -0.2) is 12.8 Å². The smallest absolute Gasteiger partial charge is 0.242 e. The van der Waals surface area contributed by atoms with Crippen LogP contribution in [0.1, 0.15) is 12.5 Å². The highest BCUT2D eigenvalue weighted by Gasteiger charge is 2.22. The Labute approximate surface area is 105 Å². The minimum absolute atomic E-state index is 0.0817. The number of hydrogen-bond acceptors (Lipinski definition) is 4. The molecule has 0 amide bonds. The largest absolute Gasteiger partial charge is 0.392 e. The Morgan fingerprint density at radius 2 is 2.17 bits per heavy atom.